The van der Waals surface area contributed by atoms with Crippen LogP contribution < -0.4 is 16.0 Å². The van der Waals surface area contributed by atoms with Gasteiger partial charge in [-0.05, 0) is 24.0 Å². The lowest BCUT2D eigenvalue weighted by Gasteiger charge is -2.16. The van der Waals surface area contributed by atoms with E-state index in [1.54, 1.807) is 13.1 Å². The fourth-order valence-electron chi connectivity index (χ4n) is 2.39. The molecular weight excluding hydrogens is 357 g/mol. The van der Waals surface area contributed by atoms with Crippen molar-refractivity contribution in [3.05, 3.63) is 35.4 Å². The Labute approximate surface area is 158 Å². The molecule has 27 heavy (non-hydrogen) atoms. The number of hydrogen-bond acceptors (Lipinski definition) is 2. The summed E-state index contributed by atoms with van der Waals surface area (Å²) in [6, 6.07) is 5.44. The van der Waals surface area contributed by atoms with Crippen molar-refractivity contribution in [3.63, 3.8) is 0 Å². The summed E-state index contributed by atoms with van der Waals surface area (Å²) < 4.78 is 38.4. The number of carbonyl (C=O) groups is 1. The van der Waals surface area contributed by atoms with Crippen LogP contribution in [0.5, 0.6) is 0 Å². The highest BCUT2D eigenvalue weighted by Gasteiger charge is 2.30. The largest absolute Gasteiger partial charge is 0.416 e. The van der Waals surface area contributed by atoms with Crippen LogP contribution in [0.2, 0.25) is 0 Å². The van der Waals surface area contributed by atoms with E-state index in [-0.39, 0.29) is 17.7 Å². The Bertz CT molecular complexity index is 630. The first-order valence-corrected chi connectivity index (χ1v) is 9.04. The highest BCUT2D eigenvalue weighted by Crippen LogP contribution is 2.31. The standard InChI is InChI=1S/C19H29F3N4O/c1-13(2)17(27)24-10-11-26-18(23-4)25-9-8-14(3)15-6-5-7-16(12-15)19(20,21)22/h5-7,12-14H,8-11H2,1-4H3,(H,24,27)(H2,23,25,26). The first kappa shape index (κ1) is 22.8. The molecule has 1 atom stereocenters. The van der Waals surface area contributed by atoms with E-state index in [0.29, 0.717) is 37.6 Å². The lowest BCUT2D eigenvalue weighted by atomic mass is 9.96. The van der Waals surface area contributed by atoms with E-state index in [1.807, 2.05) is 20.8 Å². The molecule has 1 aromatic rings. The number of rotatable bonds is 8. The van der Waals surface area contributed by atoms with E-state index >= 15 is 0 Å². The first-order chi connectivity index (χ1) is 12.6. The van der Waals surface area contributed by atoms with Crippen LogP contribution in [-0.4, -0.2) is 38.5 Å². The van der Waals surface area contributed by atoms with Crippen LogP contribution in [0.15, 0.2) is 29.3 Å². The SMILES string of the molecule is CN=C(NCCNC(=O)C(C)C)NCCC(C)c1cccc(C(F)(F)F)c1. The van der Waals surface area contributed by atoms with Gasteiger partial charge < -0.3 is 16.0 Å². The second-order valence-electron chi connectivity index (χ2n) is 6.68. The smallest absolute Gasteiger partial charge is 0.356 e. The molecule has 0 saturated carbocycles. The Morgan fingerprint density at radius 2 is 1.70 bits per heavy atom. The molecule has 8 heteroatoms. The van der Waals surface area contributed by atoms with Crippen molar-refractivity contribution in [2.75, 3.05) is 26.7 Å². The molecule has 152 valence electrons. The predicted molar refractivity (Wildman–Crippen MR) is 102 cm³/mol. The lowest BCUT2D eigenvalue weighted by molar-refractivity contribution is -0.137. The van der Waals surface area contributed by atoms with Gasteiger partial charge in [-0.1, -0.05) is 39.0 Å². The molecule has 1 unspecified atom stereocenters. The minimum atomic E-state index is -4.33. The topological polar surface area (TPSA) is 65.5 Å². The maximum atomic E-state index is 12.8. The number of nitrogens with one attached hydrogen (secondary N) is 3. The van der Waals surface area contributed by atoms with Gasteiger partial charge in [0.15, 0.2) is 5.96 Å². The summed E-state index contributed by atoms with van der Waals surface area (Å²) in [4.78, 5) is 15.6. The highest BCUT2D eigenvalue weighted by atomic mass is 19.4. The van der Waals surface area contributed by atoms with E-state index in [9.17, 15) is 18.0 Å². The number of aliphatic imine (C=N–C) groups is 1. The summed E-state index contributed by atoms with van der Waals surface area (Å²) in [6.07, 6.45) is -3.67. The Kier molecular flexibility index (Phi) is 9.11. The zero-order chi connectivity index (χ0) is 20.4. The monoisotopic (exact) mass is 386 g/mol. The van der Waals surface area contributed by atoms with Crippen molar-refractivity contribution < 1.29 is 18.0 Å². The Morgan fingerprint density at radius 1 is 1.07 bits per heavy atom. The van der Waals surface area contributed by atoms with Gasteiger partial charge in [0.2, 0.25) is 5.91 Å². The van der Waals surface area contributed by atoms with Crippen LogP contribution in [0.1, 0.15) is 44.2 Å². The van der Waals surface area contributed by atoms with Crippen LogP contribution in [0.3, 0.4) is 0 Å². The molecule has 5 nitrogen and oxygen atoms in total. The van der Waals surface area contributed by atoms with E-state index in [2.05, 4.69) is 20.9 Å². The van der Waals surface area contributed by atoms with Gasteiger partial charge in [0.1, 0.15) is 0 Å². The van der Waals surface area contributed by atoms with Crippen molar-refractivity contribution in [3.8, 4) is 0 Å². The Hall–Kier alpha value is -2.25. The van der Waals surface area contributed by atoms with Gasteiger partial charge in [-0.25, -0.2) is 0 Å². The molecule has 0 aliphatic carbocycles. The summed E-state index contributed by atoms with van der Waals surface area (Å²) in [6.45, 7) is 7.13. The molecule has 0 heterocycles. The summed E-state index contributed by atoms with van der Waals surface area (Å²) in [5.74, 6) is 0.503. The quantitative estimate of drug-likeness (QED) is 0.365. The maximum absolute atomic E-state index is 12.8. The van der Waals surface area contributed by atoms with Gasteiger partial charge in [0, 0.05) is 32.6 Å². The number of hydrogen-bond donors (Lipinski definition) is 3. The van der Waals surface area contributed by atoms with E-state index in [0.717, 1.165) is 6.07 Å². The van der Waals surface area contributed by atoms with Gasteiger partial charge in [-0.2, -0.15) is 13.2 Å². The summed E-state index contributed by atoms with van der Waals surface area (Å²) >= 11 is 0. The average molecular weight is 386 g/mol. The number of halogens is 3. The molecule has 0 aromatic heterocycles. The molecule has 0 aliphatic heterocycles. The second-order valence-corrected chi connectivity index (χ2v) is 6.68. The first-order valence-electron chi connectivity index (χ1n) is 9.04. The number of nitrogens with zero attached hydrogens (tertiary/aromatic N) is 1. The number of amides is 1. The van der Waals surface area contributed by atoms with Crippen LogP contribution in [0, 0.1) is 5.92 Å². The minimum absolute atomic E-state index is 0.00495. The molecule has 1 amide bonds. The van der Waals surface area contributed by atoms with E-state index in [1.165, 1.54) is 12.1 Å². The number of benzene rings is 1. The molecule has 1 rings (SSSR count). The lowest BCUT2D eigenvalue weighted by Crippen LogP contribution is -2.42. The summed E-state index contributed by atoms with van der Waals surface area (Å²) in [5.41, 5.74) is 0.0340. The summed E-state index contributed by atoms with van der Waals surface area (Å²) in [7, 11) is 1.64. The van der Waals surface area contributed by atoms with Crippen LogP contribution in [0.25, 0.3) is 0 Å². The number of carbonyl (C=O) groups excluding carboxylic acids is 1. The van der Waals surface area contributed by atoms with Gasteiger partial charge >= 0.3 is 6.18 Å². The fourth-order valence-corrected chi connectivity index (χ4v) is 2.39. The fraction of sp³-hybridized carbons (Fsp3) is 0.579. The van der Waals surface area contributed by atoms with Crippen molar-refractivity contribution in [2.24, 2.45) is 10.9 Å². The summed E-state index contributed by atoms with van der Waals surface area (Å²) in [5, 5.41) is 9.01. The normalized spacial score (nSPS) is 13.4. The molecule has 0 spiro atoms. The van der Waals surface area contributed by atoms with Crippen LogP contribution >= 0.6 is 0 Å². The molecule has 1 aromatic carbocycles. The molecule has 0 radical (unpaired) electrons. The van der Waals surface area contributed by atoms with Crippen molar-refractivity contribution in [1.82, 2.24) is 16.0 Å². The predicted octanol–water partition coefficient (Wildman–Crippen LogP) is 3.14. The van der Waals surface area contributed by atoms with Gasteiger partial charge in [0.05, 0.1) is 5.56 Å². The highest BCUT2D eigenvalue weighted by molar-refractivity contribution is 5.80. The Morgan fingerprint density at radius 3 is 2.30 bits per heavy atom. The van der Waals surface area contributed by atoms with Crippen molar-refractivity contribution in [2.45, 2.75) is 39.3 Å². The van der Waals surface area contributed by atoms with Crippen molar-refractivity contribution >= 4 is 11.9 Å². The molecule has 0 fully saturated rings. The third kappa shape index (κ3) is 8.32. The molecule has 0 saturated heterocycles. The number of alkyl halides is 3. The van der Waals surface area contributed by atoms with Crippen LogP contribution in [-0.2, 0) is 11.0 Å². The van der Waals surface area contributed by atoms with Crippen molar-refractivity contribution in [1.29, 1.82) is 0 Å². The van der Waals surface area contributed by atoms with Gasteiger partial charge in [-0.15, -0.1) is 0 Å². The molecular formula is C19H29F3N4O. The van der Waals surface area contributed by atoms with E-state index < -0.39 is 11.7 Å². The zero-order valence-corrected chi connectivity index (χ0v) is 16.3. The Balaban J connectivity index is 2.39. The third-order valence-electron chi connectivity index (χ3n) is 4.12. The van der Waals surface area contributed by atoms with Gasteiger partial charge in [0.25, 0.3) is 0 Å². The third-order valence-corrected chi connectivity index (χ3v) is 4.12. The maximum Gasteiger partial charge on any atom is 0.416 e. The van der Waals surface area contributed by atoms with E-state index in [4.69, 9.17) is 0 Å². The molecule has 0 bridgehead atoms. The second kappa shape index (κ2) is 10.8. The van der Waals surface area contributed by atoms with Gasteiger partial charge in [-0.3, -0.25) is 9.79 Å². The molecule has 0 aliphatic rings. The number of guanidine groups is 1. The average Bonchev–Trinajstić information content (AvgIpc) is 2.62. The van der Waals surface area contributed by atoms with Crippen LogP contribution in [0.4, 0.5) is 13.2 Å². The zero-order valence-electron chi connectivity index (χ0n) is 16.3. The minimum Gasteiger partial charge on any atom is -0.356 e. The molecule has 3 N–H and O–H groups in total.